The molecule has 2 rings (SSSR count). The van der Waals surface area contributed by atoms with E-state index in [2.05, 4.69) is 4.98 Å². The van der Waals surface area contributed by atoms with E-state index in [1.807, 2.05) is 0 Å². The highest BCUT2D eigenvalue weighted by Crippen LogP contribution is 2.05. The van der Waals surface area contributed by atoms with Gasteiger partial charge in [-0.1, -0.05) is 12.1 Å². The maximum absolute atomic E-state index is 11.5. The van der Waals surface area contributed by atoms with E-state index < -0.39 is 17.2 Å². The molecule has 0 aliphatic heterocycles. The molecule has 0 unspecified atom stereocenters. The van der Waals surface area contributed by atoms with Crippen LogP contribution in [0.4, 0.5) is 0 Å². The number of carbonyl (C=O) groups excluding carboxylic acids is 1. The molecule has 0 fully saturated rings. The van der Waals surface area contributed by atoms with Gasteiger partial charge in [0.05, 0.1) is 6.54 Å². The van der Waals surface area contributed by atoms with Crippen LogP contribution in [0.1, 0.15) is 15.9 Å². The minimum atomic E-state index is -0.550. The van der Waals surface area contributed by atoms with Crippen molar-refractivity contribution in [2.45, 2.75) is 6.54 Å². The second kappa shape index (κ2) is 4.70. The van der Waals surface area contributed by atoms with E-state index in [9.17, 15) is 14.4 Å². The predicted octanol–water partition coefficient (Wildman–Crippen LogP) is -0.316. The summed E-state index contributed by atoms with van der Waals surface area (Å²) in [6, 6.07) is 7.76. The summed E-state index contributed by atoms with van der Waals surface area (Å²) in [5.74, 6) is -0.550. The molecule has 0 aliphatic rings. The van der Waals surface area contributed by atoms with Crippen molar-refractivity contribution in [3.05, 3.63) is 68.5 Å². The van der Waals surface area contributed by atoms with Crippen LogP contribution in [-0.4, -0.2) is 15.5 Å². The highest BCUT2D eigenvalue weighted by molar-refractivity contribution is 5.92. The Kier molecular flexibility index (Phi) is 3.09. The standard InChI is InChI=1S/C12H11N3O3/c13-11(17)9-3-1-2-8(6-9)7-15-10(16)4-5-14-12(15)18/h1-6H,7H2,(H2,13,17)(H,14,18). The van der Waals surface area contributed by atoms with Gasteiger partial charge in [-0.3, -0.25) is 14.2 Å². The number of rotatable bonds is 3. The molecule has 1 aromatic carbocycles. The van der Waals surface area contributed by atoms with Crippen LogP contribution in [0.5, 0.6) is 0 Å². The molecule has 0 bridgehead atoms. The zero-order valence-electron chi connectivity index (χ0n) is 9.42. The molecule has 92 valence electrons. The number of nitrogens with two attached hydrogens (primary N) is 1. The van der Waals surface area contributed by atoms with Crippen LogP contribution < -0.4 is 17.0 Å². The van der Waals surface area contributed by atoms with E-state index in [1.54, 1.807) is 24.3 Å². The highest BCUT2D eigenvalue weighted by Gasteiger charge is 2.04. The summed E-state index contributed by atoms with van der Waals surface area (Å²) in [7, 11) is 0. The number of carbonyl (C=O) groups is 1. The lowest BCUT2D eigenvalue weighted by Gasteiger charge is -2.05. The van der Waals surface area contributed by atoms with Gasteiger partial charge in [0.1, 0.15) is 0 Å². The van der Waals surface area contributed by atoms with Crippen molar-refractivity contribution in [2.24, 2.45) is 5.73 Å². The van der Waals surface area contributed by atoms with Gasteiger partial charge in [0, 0.05) is 17.8 Å². The Labute approximate surface area is 102 Å². The van der Waals surface area contributed by atoms with Crippen LogP contribution >= 0.6 is 0 Å². The number of aromatic amines is 1. The molecule has 0 radical (unpaired) electrons. The minimum absolute atomic E-state index is 0.0934. The third-order valence-corrected chi connectivity index (χ3v) is 2.50. The first-order chi connectivity index (χ1) is 8.58. The molecule has 3 N–H and O–H groups in total. The molecule has 6 nitrogen and oxygen atoms in total. The molecule has 0 atom stereocenters. The number of hydrogen-bond acceptors (Lipinski definition) is 3. The molecule has 0 aliphatic carbocycles. The zero-order chi connectivity index (χ0) is 13.1. The van der Waals surface area contributed by atoms with Gasteiger partial charge in [-0.15, -0.1) is 0 Å². The molecule has 0 saturated carbocycles. The molecular weight excluding hydrogens is 234 g/mol. The zero-order valence-corrected chi connectivity index (χ0v) is 9.42. The van der Waals surface area contributed by atoms with Gasteiger partial charge in [-0.05, 0) is 17.7 Å². The number of amides is 1. The molecule has 1 aromatic heterocycles. The largest absolute Gasteiger partial charge is 0.366 e. The fourth-order valence-electron chi connectivity index (χ4n) is 1.61. The smallest absolute Gasteiger partial charge is 0.328 e. The van der Waals surface area contributed by atoms with Gasteiger partial charge in [-0.25, -0.2) is 4.79 Å². The number of aromatic nitrogens is 2. The second-order valence-electron chi connectivity index (χ2n) is 3.77. The van der Waals surface area contributed by atoms with E-state index in [0.717, 1.165) is 4.57 Å². The first-order valence-corrected chi connectivity index (χ1v) is 5.25. The van der Waals surface area contributed by atoms with Crippen LogP contribution in [0.2, 0.25) is 0 Å². The average molecular weight is 245 g/mol. The number of nitrogens with zero attached hydrogens (tertiary/aromatic N) is 1. The monoisotopic (exact) mass is 245 g/mol. The van der Waals surface area contributed by atoms with Crippen molar-refractivity contribution in [3.8, 4) is 0 Å². The third-order valence-electron chi connectivity index (χ3n) is 2.50. The molecular formula is C12H11N3O3. The Hall–Kier alpha value is -2.63. The van der Waals surface area contributed by atoms with Crippen LogP contribution in [-0.2, 0) is 6.54 Å². The first-order valence-electron chi connectivity index (χ1n) is 5.25. The van der Waals surface area contributed by atoms with Crippen molar-refractivity contribution in [2.75, 3.05) is 0 Å². The Morgan fingerprint density at radius 3 is 2.72 bits per heavy atom. The van der Waals surface area contributed by atoms with Crippen molar-refractivity contribution in [1.82, 2.24) is 9.55 Å². The lowest BCUT2D eigenvalue weighted by atomic mass is 10.1. The Morgan fingerprint density at radius 1 is 1.28 bits per heavy atom. The van der Waals surface area contributed by atoms with Gasteiger partial charge < -0.3 is 10.7 Å². The van der Waals surface area contributed by atoms with Crippen molar-refractivity contribution in [1.29, 1.82) is 0 Å². The highest BCUT2D eigenvalue weighted by atomic mass is 16.2. The number of hydrogen-bond donors (Lipinski definition) is 2. The van der Waals surface area contributed by atoms with Gasteiger partial charge in [0.2, 0.25) is 5.91 Å². The number of H-pyrrole nitrogens is 1. The first kappa shape index (κ1) is 11.8. The summed E-state index contributed by atoms with van der Waals surface area (Å²) >= 11 is 0. The van der Waals surface area contributed by atoms with Crippen molar-refractivity contribution in [3.63, 3.8) is 0 Å². The van der Waals surface area contributed by atoms with Crippen LogP contribution in [0.15, 0.2) is 46.1 Å². The summed E-state index contributed by atoms with van der Waals surface area (Å²) in [5.41, 5.74) is 5.27. The van der Waals surface area contributed by atoms with Crippen molar-refractivity contribution >= 4 is 5.91 Å². The normalized spacial score (nSPS) is 10.2. The fraction of sp³-hybridized carbons (Fsp3) is 0.0833. The number of benzene rings is 1. The molecule has 0 saturated heterocycles. The summed E-state index contributed by atoms with van der Waals surface area (Å²) in [6.45, 7) is 0.0934. The Bertz CT molecular complexity index is 672. The van der Waals surface area contributed by atoms with Crippen LogP contribution in [0, 0.1) is 0 Å². The van der Waals surface area contributed by atoms with Gasteiger partial charge in [0.25, 0.3) is 5.56 Å². The SMILES string of the molecule is NC(=O)c1cccc(Cn2c(=O)cc[nH]c2=O)c1. The molecule has 18 heavy (non-hydrogen) atoms. The lowest BCUT2D eigenvalue weighted by Crippen LogP contribution is -2.34. The Morgan fingerprint density at radius 2 is 2.06 bits per heavy atom. The van der Waals surface area contributed by atoms with Crippen molar-refractivity contribution < 1.29 is 4.79 Å². The summed E-state index contributed by atoms with van der Waals surface area (Å²) in [4.78, 5) is 36.4. The van der Waals surface area contributed by atoms with Crippen LogP contribution in [0.25, 0.3) is 0 Å². The molecule has 2 aromatic rings. The molecule has 1 amide bonds. The third kappa shape index (κ3) is 2.37. The quantitative estimate of drug-likeness (QED) is 0.775. The summed E-state index contributed by atoms with van der Waals surface area (Å²) < 4.78 is 1.04. The van der Waals surface area contributed by atoms with E-state index >= 15 is 0 Å². The topological polar surface area (TPSA) is 97.9 Å². The Balaban J connectivity index is 2.41. The lowest BCUT2D eigenvalue weighted by molar-refractivity contribution is 0.1000. The summed E-state index contributed by atoms with van der Waals surface area (Å²) in [5, 5.41) is 0. The van der Waals surface area contributed by atoms with Gasteiger partial charge >= 0.3 is 5.69 Å². The number of nitrogens with one attached hydrogen (secondary N) is 1. The fourth-order valence-corrected chi connectivity index (χ4v) is 1.61. The molecule has 1 heterocycles. The van der Waals surface area contributed by atoms with E-state index in [-0.39, 0.29) is 6.54 Å². The summed E-state index contributed by atoms with van der Waals surface area (Å²) in [6.07, 6.45) is 1.29. The second-order valence-corrected chi connectivity index (χ2v) is 3.77. The minimum Gasteiger partial charge on any atom is -0.366 e. The van der Waals surface area contributed by atoms with E-state index in [1.165, 1.54) is 12.3 Å². The van der Waals surface area contributed by atoms with E-state index in [4.69, 9.17) is 5.73 Å². The predicted molar refractivity (Wildman–Crippen MR) is 65.4 cm³/mol. The molecule has 0 spiro atoms. The molecule has 6 heteroatoms. The average Bonchev–Trinajstić information content (AvgIpc) is 2.34. The number of primary amides is 1. The maximum Gasteiger partial charge on any atom is 0.328 e. The van der Waals surface area contributed by atoms with Gasteiger partial charge in [-0.2, -0.15) is 0 Å². The van der Waals surface area contributed by atoms with E-state index in [0.29, 0.717) is 11.1 Å². The van der Waals surface area contributed by atoms with Crippen LogP contribution in [0.3, 0.4) is 0 Å². The maximum atomic E-state index is 11.5. The van der Waals surface area contributed by atoms with Gasteiger partial charge in [0.15, 0.2) is 0 Å².